The van der Waals surface area contributed by atoms with Gasteiger partial charge >= 0.3 is 31.2 Å². The van der Waals surface area contributed by atoms with E-state index in [9.17, 15) is 25.9 Å². The first-order chi connectivity index (χ1) is 22.5. The molecule has 1 aromatic heterocycles. The number of rotatable bonds is 7. The Morgan fingerprint density at radius 3 is 2.15 bits per heavy atom. The van der Waals surface area contributed by atoms with Crippen LogP contribution in [0.2, 0.25) is 0 Å². The Kier molecular flexibility index (Phi) is 7.97. The second-order valence-corrected chi connectivity index (χ2v) is 12.9. The van der Waals surface area contributed by atoms with Crippen LogP contribution in [-0.2, 0) is 20.2 Å². The summed E-state index contributed by atoms with van der Waals surface area (Å²) in [5.74, 6) is 0.254. The molecule has 2 heterocycles. The minimum atomic E-state index is -4.89. The van der Waals surface area contributed by atoms with Crippen LogP contribution in [0, 0.1) is 0 Å². The van der Waals surface area contributed by atoms with Gasteiger partial charge in [0.2, 0.25) is 16.5 Å². The molecule has 0 unspecified atom stereocenters. The Labute approximate surface area is 269 Å². The molecule has 1 aliphatic rings. The van der Waals surface area contributed by atoms with Gasteiger partial charge in [0.25, 0.3) is 5.52 Å². The highest BCUT2D eigenvalue weighted by Gasteiger charge is 2.38. The fourth-order valence-electron chi connectivity index (χ4n) is 5.41. The highest BCUT2D eigenvalue weighted by molar-refractivity contribution is 7.94. The van der Waals surface area contributed by atoms with Crippen molar-refractivity contribution >= 4 is 69.7 Å². The van der Waals surface area contributed by atoms with Crippen LogP contribution in [0.4, 0.5) is 5.69 Å². The first kappa shape index (κ1) is 31.4. The number of hydrogen-bond acceptors (Lipinski definition) is 7. The van der Waals surface area contributed by atoms with Gasteiger partial charge in [-0.1, -0.05) is 77.6 Å². The molecule has 0 bridgehead atoms. The van der Waals surface area contributed by atoms with Crippen molar-refractivity contribution < 1.29 is 39.7 Å². The van der Waals surface area contributed by atoms with Crippen LogP contribution >= 0.6 is 0 Å². The molecule has 234 valence electrons. The maximum atomic E-state index is 12.7. The van der Waals surface area contributed by atoms with Gasteiger partial charge in [0.15, 0.2) is 5.75 Å². The van der Waals surface area contributed by atoms with Crippen molar-refractivity contribution in [3.8, 4) is 5.75 Å². The van der Waals surface area contributed by atoms with E-state index in [1.807, 2.05) is 36.4 Å². The Morgan fingerprint density at radius 2 is 1.51 bits per heavy atom. The molecule has 5 aromatic rings. The number of ether oxygens (including phenoxy) is 1. The number of allylic oxidation sites excluding steroid dienone is 2. The summed E-state index contributed by atoms with van der Waals surface area (Å²) in [6, 6.07) is 21.4. The lowest BCUT2D eigenvalue weighted by Gasteiger charge is -2.19. The Balaban J connectivity index is 1.65. The molecule has 0 saturated heterocycles. The van der Waals surface area contributed by atoms with Gasteiger partial charge in [-0.2, -0.15) is 16.8 Å². The molecule has 0 spiro atoms. The highest BCUT2D eigenvalue weighted by Crippen LogP contribution is 2.47. The Bertz CT molecular complexity index is 2620. The fraction of sp³-hybridized carbons (Fsp3) is 0.0571. The maximum absolute atomic E-state index is 12.7. The van der Waals surface area contributed by atoms with E-state index in [0.717, 1.165) is 10.8 Å². The van der Waals surface area contributed by atoms with Crippen molar-refractivity contribution in [2.45, 2.75) is 13.3 Å². The summed E-state index contributed by atoms with van der Waals surface area (Å²) < 4.78 is 84.6. The lowest BCUT2D eigenvalue weighted by atomic mass is 10.1. The summed E-state index contributed by atoms with van der Waals surface area (Å²) in [7, 11) is -9.78. The minimum absolute atomic E-state index is 0.0236. The van der Waals surface area contributed by atoms with Gasteiger partial charge in [-0.05, 0) is 59.9 Å². The molecule has 0 aliphatic carbocycles. The van der Waals surface area contributed by atoms with Crippen LogP contribution in [0.5, 0.6) is 5.75 Å². The van der Waals surface area contributed by atoms with Crippen molar-refractivity contribution in [1.82, 2.24) is 0 Å². The molecular formula is C35H25N2O8S2+. The largest absolute Gasteiger partial charge is 0.438 e. The first-order valence-corrected chi connectivity index (χ1v) is 16.9. The number of anilines is 1. The summed E-state index contributed by atoms with van der Waals surface area (Å²) >= 11 is 0. The number of nitrogens with zero attached hydrogens (tertiary/aromatic N) is 2. The van der Waals surface area contributed by atoms with Crippen LogP contribution in [0.25, 0.3) is 43.7 Å². The van der Waals surface area contributed by atoms with Crippen molar-refractivity contribution in [2.24, 2.45) is 0 Å². The molecule has 0 amide bonds. The van der Waals surface area contributed by atoms with Gasteiger partial charge in [-0.3, -0.25) is 14.0 Å². The number of oxazole rings is 1. The second kappa shape index (κ2) is 11.9. The smallest absolute Gasteiger partial charge is 0.385 e. The van der Waals surface area contributed by atoms with Gasteiger partial charge in [0.05, 0.1) is 11.5 Å². The van der Waals surface area contributed by atoms with Gasteiger partial charge in [-0.25, -0.2) is 0 Å². The van der Waals surface area contributed by atoms with Gasteiger partial charge in [0, 0.05) is 17.2 Å². The van der Waals surface area contributed by atoms with Crippen molar-refractivity contribution in [1.29, 1.82) is 0 Å². The van der Waals surface area contributed by atoms with E-state index in [4.69, 9.17) is 9.15 Å². The van der Waals surface area contributed by atoms with Crippen LogP contribution in [0.15, 0.2) is 136 Å². The summed E-state index contributed by atoms with van der Waals surface area (Å²) in [6.45, 7) is 8.67. The summed E-state index contributed by atoms with van der Waals surface area (Å²) in [5, 5.41) is 1.46. The molecular weight excluding hydrogens is 641 g/mol. The van der Waals surface area contributed by atoms with E-state index in [0.29, 0.717) is 45.3 Å². The molecule has 0 fully saturated rings. The van der Waals surface area contributed by atoms with Crippen LogP contribution in [0.3, 0.4) is 0 Å². The average Bonchev–Trinajstić information content (AvgIpc) is 3.58. The average molecular weight is 666 g/mol. The second-order valence-electron chi connectivity index (χ2n) is 10.2. The van der Waals surface area contributed by atoms with Crippen molar-refractivity contribution in [3.05, 3.63) is 137 Å². The van der Waals surface area contributed by atoms with Crippen LogP contribution < -0.4 is 14.2 Å². The molecule has 1 aliphatic heterocycles. The zero-order valence-corrected chi connectivity index (χ0v) is 26.4. The molecule has 47 heavy (non-hydrogen) atoms. The highest BCUT2D eigenvalue weighted by atomic mass is 32.2. The molecule has 6 rings (SSSR count). The lowest BCUT2D eigenvalue weighted by Crippen LogP contribution is -2.37. The quantitative estimate of drug-likeness (QED) is 0.109. The standard InChI is InChI=1S/C35H24N2O8S2/c1-4-11-32(46(38,39)40)36-30(44-28-19-17-24-13-7-9-15-26(24)34(28)36)21-23(6-3)22-31-37(33(12-5-2)47(41,42)43)35-27-16-10-8-14-25(27)18-20-29(35)45-31/h7-10,13-22H,1-2,6H2,3H3,(H-,38,39,40,41,42,43)/p+1. The van der Waals surface area contributed by atoms with E-state index in [-0.39, 0.29) is 11.8 Å². The molecule has 0 atom stereocenters. The monoisotopic (exact) mass is 665 g/mol. The first-order valence-electron chi connectivity index (χ1n) is 14.0. The predicted molar refractivity (Wildman–Crippen MR) is 179 cm³/mol. The zero-order valence-electron chi connectivity index (χ0n) is 24.8. The lowest BCUT2D eigenvalue weighted by molar-refractivity contribution is -0.552. The number of fused-ring (bicyclic) bond motifs is 6. The van der Waals surface area contributed by atoms with Gasteiger partial charge < -0.3 is 9.15 Å². The van der Waals surface area contributed by atoms with Gasteiger partial charge in [-0.15, -0.1) is 0 Å². The Hall–Kier alpha value is -5.63. The van der Waals surface area contributed by atoms with Gasteiger partial charge in [0.1, 0.15) is 5.69 Å². The maximum Gasteiger partial charge on any atom is 0.385 e. The fourth-order valence-corrected chi connectivity index (χ4v) is 6.64. The molecule has 10 nitrogen and oxygen atoms in total. The number of aromatic nitrogens is 1. The number of benzene rings is 4. The predicted octanol–water partition coefficient (Wildman–Crippen LogP) is 6.86. The van der Waals surface area contributed by atoms with E-state index in [1.54, 1.807) is 43.3 Å². The summed E-state index contributed by atoms with van der Waals surface area (Å²) in [6.07, 6.45) is 3.33. The van der Waals surface area contributed by atoms with E-state index >= 15 is 0 Å². The SMILES string of the molecule is C=C=C=C(N1C(=CC(=Cc2oc3ccc4ccccc4c3[n+]2C(=C=C=C)S(=O)(=O)O)CC)Oc2ccc3ccccc3c21)S(=O)(=O)O. The van der Waals surface area contributed by atoms with Crippen molar-refractivity contribution in [3.63, 3.8) is 0 Å². The molecule has 4 aromatic carbocycles. The van der Waals surface area contributed by atoms with Crippen LogP contribution in [0.1, 0.15) is 19.2 Å². The third kappa shape index (κ3) is 5.67. The van der Waals surface area contributed by atoms with Crippen molar-refractivity contribution in [2.75, 3.05) is 4.90 Å². The number of hydrogen-bond donors (Lipinski definition) is 2. The molecule has 2 N–H and O–H groups in total. The molecule has 12 heteroatoms. The third-order valence-corrected chi connectivity index (χ3v) is 8.90. The normalized spacial score (nSPS) is 14.0. The molecule has 0 saturated carbocycles. The Morgan fingerprint density at radius 1 is 0.872 bits per heavy atom. The summed E-state index contributed by atoms with van der Waals surface area (Å²) in [5.41, 5.74) is 10.8. The summed E-state index contributed by atoms with van der Waals surface area (Å²) in [4.78, 5) is 1.19. The molecule has 0 radical (unpaired) electrons. The van der Waals surface area contributed by atoms with Crippen LogP contribution in [-0.4, -0.2) is 25.9 Å². The topological polar surface area (TPSA) is 138 Å². The van der Waals surface area contributed by atoms with E-state index in [1.165, 1.54) is 21.6 Å². The van der Waals surface area contributed by atoms with E-state index < -0.39 is 30.3 Å². The third-order valence-electron chi connectivity index (χ3n) is 7.36. The minimum Gasteiger partial charge on any atom is -0.438 e. The van der Waals surface area contributed by atoms with E-state index in [2.05, 4.69) is 36.1 Å². The zero-order chi connectivity index (χ0) is 33.5.